The maximum Gasteiger partial charge on any atom is 0.231 e. The van der Waals surface area contributed by atoms with E-state index in [1.54, 1.807) is 0 Å². The predicted molar refractivity (Wildman–Crippen MR) is 54.0 cm³/mol. The molecule has 72 valence electrons. The van der Waals surface area contributed by atoms with Gasteiger partial charge in [0.1, 0.15) is 0 Å². The number of halogens is 1. The minimum Gasteiger partial charge on any atom is -0.454 e. The molecule has 13 heavy (non-hydrogen) atoms. The molecule has 0 saturated carbocycles. The van der Waals surface area contributed by atoms with Crippen LogP contribution in [-0.2, 0) is 0 Å². The van der Waals surface area contributed by atoms with Gasteiger partial charge in [-0.05, 0) is 19.1 Å². The maximum atomic E-state index is 5.22. The molecule has 1 aliphatic rings. The fraction of sp³-hybridized carbons (Fsp3) is 0.333. The van der Waals surface area contributed by atoms with Crippen LogP contribution < -0.4 is 14.8 Å². The molecule has 4 heteroatoms. The molecule has 1 aromatic rings. The van der Waals surface area contributed by atoms with Crippen LogP contribution in [0.3, 0.4) is 0 Å². The lowest BCUT2D eigenvalue weighted by atomic mass is 10.3. The molecule has 0 aliphatic carbocycles. The monoisotopic (exact) mass is 201 g/mol. The van der Waals surface area contributed by atoms with Gasteiger partial charge in [0.05, 0.1) is 0 Å². The van der Waals surface area contributed by atoms with E-state index in [1.165, 1.54) is 0 Å². The van der Waals surface area contributed by atoms with Crippen molar-refractivity contribution in [2.75, 3.05) is 18.7 Å². The molecule has 0 atom stereocenters. The number of hydrogen-bond donors (Lipinski definition) is 1. The average molecular weight is 202 g/mol. The number of nitrogens with one attached hydrogen (secondary N) is 1. The number of hydrogen-bond acceptors (Lipinski definition) is 3. The molecule has 1 N–H and O–H groups in total. The van der Waals surface area contributed by atoms with Gasteiger partial charge in [-0.3, -0.25) is 0 Å². The van der Waals surface area contributed by atoms with E-state index < -0.39 is 0 Å². The van der Waals surface area contributed by atoms with Crippen molar-refractivity contribution in [1.82, 2.24) is 0 Å². The molecule has 0 unspecified atom stereocenters. The molecular weight excluding hydrogens is 190 g/mol. The summed E-state index contributed by atoms with van der Waals surface area (Å²) in [7, 11) is 0. The molecule has 0 saturated heterocycles. The summed E-state index contributed by atoms with van der Waals surface area (Å²) >= 11 is 0. The lowest BCUT2D eigenvalue weighted by Crippen LogP contribution is -1.95. The minimum atomic E-state index is 0. The Morgan fingerprint density at radius 1 is 1.31 bits per heavy atom. The van der Waals surface area contributed by atoms with Crippen molar-refractivity contribution in [3.05, 3.63) is 18.2 Å². The molecule has 0 amide bonds. The third kappa shape index (κ3) is 1.98. The lowest BCUT2D eigenvalue weighted by molar-refractivity contribution is 0.174. The Morgan fingerprint density at radius 3 is 2.85 bits per heavy atom. The molecule has 0 fully saturated rings. The molecule has 3 nitrogen and oxygen atoms in total. The molecule has 1 aliphatic heterocycles. The summed E-state index contributed by atoms with van der Waals surface area (Å²) in [5.41, 5.74) is 1.07. The first-order chi connectivity index (χ1) is 5.90. The largest absolute Gasteiger partial charge is 0.454 e. The quantitative estimate of drug-likeness (QED) is 0.797. The lowest BCUT2D eigenvalue weighted by Gasteiger charge is -2.03. The van der Waals surface area contributed by atoms with Crippen LogP contribution in [0.25, 0.3) is 0 Å². The highest BCUT2D eigenvalue weighted by Crippen LogP contribution is 2.33. The zero-order valence-corrected chi connectivity index (χ0v) is 8.19. The van der Waals surface area contributed by atoms with Crippen molar-refractivity contribution in [2.24, 2.45) is 0 Å². The van der Waals surface area contributed by atoms with Gasteiger partial charge in [0.15, 0.2) is 11.5 Å². The van der Waals surface area contributed by atoms with E-state index >= 15 is 0 Å². The molecule has 1 heterocycles. The molecule has 2 rings (SSSR count). The van der Waals surface area contributed by atoms with Crippen LogP contribution in [0.5, 0.6) is 11.5 Å². The highest BCUT2D eigenvalue weighted by Gasteiger charge is 2.12. The van der Waals surface area contributed by atoms with Crippen LogP contribution in [0.2, 0.25) is 0 Å². The Morgan fingerprint density at radius 2 is 2.08 bits per heavy atom. The van der Waals surface area contributed by atoms with Crippen molar-refractivity contribution in [3.8, 4) is 11.5 Å². The van der Waals surface area contributed by atoms with Gasteiger partial charge in [-0.25, -0.2) is 0 Å². The average Bonchev–Trinajstić information content (AvgIpc) is 2.51. The molecule has 1 aromatic carbocycles. The summed E-state index contributed by atoms with van der Waals surface area (Å²) in [4.78, 5) is 0. The Bertz CT molecular complexity index is 291. The van der Waals surface area contributed by atoms with Crippen LogP contribution in [0.15, 0.2) is 18.2 Å². The van der Waals surface area contributed by atoms with Crippen molar-refractivity contribution in [2.45, 2.75) is 6.92 Å². The third-order valence-corrected chi connectivity index (χ3v) is 1.75. The second kappa shape index (κ2) is 4.23. The number of ether oxygens (including phenoxy) is 2. The molecule has 0 aromatic heterocycles. The van der Waals surface area contributed by atoms with Crippen molar-refractivity contribution in [1.29, 1.82) is 0 Å². The Kier molecular flexibility index (Phi) is 3.25. The summed E-state index contributed by atoms with van der Waals surface area (Å²) < 4.78 is 10.4. The fourth-order valence-electron chi connectivity index (χ4n) is 1.21. The van der Waals surface area contributed by atoms with Gasteiger partial charge in [0.25, 0.3) is 0 Å². The summed E-state index contributed by atoms with van der Waals surface area (Å²) in [5, 5.41) is 3.20. The normalized spacial score (nSPS) is 12.1. The number of anilines is 1. The summed E-state index contributed by atoms with van der Waals surface area (Å²) in [5.74, 6) is 1.66. The SMILES string of the molecule is CCNc1ccc2c(c1)OCO2.Cl. The molecule has 0 spiro atoms. The van der Waals surface area contributed by atoms with Crippen molar-refractivity contribution < 1.29 is 9.47 Å². The Labute approximate surface area is 83.5 Å². The van der Waals surface area contributed by atoms with E-state index in [-0.39, 0.29) is 12.4 Å². The smallest absolute Gasteiger partial charge is 0.231 e. The zero-order chi connectivity index (χ0) is 8.39. The van der Waals surface area contributed by atoms with E-state index in [0.29, 0.717) is 6.79 Å². The standard InChI is InChI=1S/C9H11NO2.ClH/c1-2-10-7-3-4-8-9(5-7)12-6-11-8;/h3-5,10H,2,6H2,1H3;1H. The van der Waals surface area contributed by atoms with E-state index in [2.05, 4.69) is 12.2 Å². The number of fused-ring (bicyclic) bond motifs is 1. The van der Waals surface area contributed by atoms with Gasteiger partial charge in [-0.15, -0.1) is 12.4 Å². The zero-order valence-electron chi connectivity index (χ0n) is 7.37. The Hall–Kier alpha value is -1.09. The van der Waals surface area contributed by atoms with E-state index in [1.807, 2.05) is 18.2 Å². The van der Waals surface area contributed by atoms with Gasteiger partial charge in [0.2, 0.25) is 6.79 Å². The molecule has 0 bridgehead atoms. The first-order valence-corrected chi connectivity index (χ1v) is 4.03. The topological polar surface area (TPSA) is 30.5 Å². The van der Waals surface area contributed by atoms with Crippen LogP contribution in [-0.4, -0.2) is 13.3 Å². The van der Waals surface area contributed by atoms with Gasteiger partial charge in [-0.1, -0.05) is 0 Å². The van der Waals surface area contributed by atoms with Crippen molar-refractivity contribution >= 4 is 18.1 Å². The fourth-order valence-corrected chi connectivity index (χ4v) is 1.21. The highest BCUT2D eigenvalue weighted by molar-refractivity contribution is 5.85. The summed E-state index contributed by atoms with van der Waals surface area (Å²) in [6.45, 7) is 3.31. The van der Waals surface area contributed by atoms with Gasteiger partial charge in [0, 0.05) is 18.3 Å². The summed E-state index contributed by atoms with van der Waals surface area (Å²) in [6, 6.07) is 5.85. The first-order valence-electron chi connectivity index (χ1n) is 4.03. The van der Waals surface area contributed by atoms with E-state index in [0.717, 1.165) is 23.7 Å². The van der Waals surface area contributed by atoms with Gasteiger partial charge in [-0.2, -0.15) is 0 Å². The van der Waals surface area contributed by atoms with Gasteiger partial charge >= 0.3 is 0 Å². The predicted octanol–water partition coefficient (Wildman–Crippen LogP) is 2.27. The van der Waals surface area contributed by atoms with Crippen LogP contribution in [0, 0.1) is 0 Å². The Balaban J connectivity index is 0.000000845. The second-order valence-corrected chi connectivity index (χ2v) is 2.60. The minimum absolute atomic E-state index is 0. The van der Waals surface area contributed by atoms with Crippen LogP contribution >= 0.6 is 12.4 Å². The molecular formula is C9H12ClNO2. The maximum absolute atomic E-state index is 5.22. The summed E-state index contributed by atoms with van der Waals surface area (Å²) in [6.07, 6.45) is 0. The third-order valence-electron chi connectivity index (χ3n) is 1.75. The number of benzene rings is 1. The highest BCUT2D eigenvalue weighted by atomic mass is 35.5. The van der Waals surface area contributed by atoms with Gasteiger partial charge < -0.3 is 14.8 Å². The van der Waals surface area contributed by atoms with Crippen LogP contribution in [0.4, 0.5) is 5.69 Å². The number of rotatable bonds is 2. The van der Waals surface area contributed by atoms with E-state index in [4.69, 9.17) is 9.47 Å². The van der Waals surface area contributed by atoms with Crippen molar-refractivity contribution in [3.63, 3.8) is 0 Å². The second-order valence-electron chi connectivity index (χ2n) is 2.60. The van der Waals surface area contributed by atoms with Crippen LogP contribution in [0.1, 0.15) is 6.92 Å². The molecule has 0 radical (unpaired) electrons. The van der Waals surface area contributed by atoms with E-state index in [9.17, 15) is 0 Å². The first kappa shape index (κ1) is 9.99.